The van der Waals surface area contributed by atoms with Gasteiger partial charge in [-0.25, -0.2) is 9.79 Å². The highest BCUT2D eigenvalue weighted by atomic mass is 16.4. The van der Waals surface area contributed by atoms with Gasteiger partial charge in [0.05, 0.1) is 12.1 Å². The Labute approximate surface area is 150 Å². The molecule has 9 heteroatoms. The summed E-state index contributed by atoms with van der Waals surface area (Å²) >= 11 is 0. The second kappa shape index (κ2) is 10.8. The molecule has 0 atom stereocenters. The van der Waals surface area contributed by atoms with Gasteiger partial charge in [0.25, 0.3) is 0 Å². The van der Waals surface area contributed by atoms with Crippen molar-refractivity contribution in [3.8, 4) is 0 Å². The molecular formula is C17H21N7O2. The number of aliphatic imine (C=N–C) groups is 2. The molecule has 0 aliphatic carbocycles. The Morgan fingerprint density at radius 3 is 1.85 bits per heavy atom. The fraction of sp³-hybridized carbons (Fsp3) is 0.0588. The monoisotopic (exact) mass is 355 g/mol. The molecule has 9 nitrogen and oxygen atoms in total. The molecule has 0 saturated heterocycles. The maximum atomic E-state index is 10.2. The zero-order valence-electron chi connectivity index (χ0n) is 14.0. The fourth-order valence-corrected chi connectivity index (χ4v) is 1.69. The van der Waals surface area contributed by atoms with E-state index in [0.29, 0.717) is 17.9 Å². The Morgan fingerprint density at radius 2 is 1.50 bits per heavy atom. The minimum atomic E-state index is -0.879. The zero-order valence-corrected chi connectivity index (χ0v) is 14.0. The summed E-state index contributed by atoms with van der Waals surface area (Å²) in [5.41, 5.74) is 16.2. The number of carboxylic acid groups (broad SMARTS) is 1. The molecule has 1 aliphatic heterocycles. The Bertz CT molecular complexity index is 783. The Kier molecular flexibility index (Phi) is 8.39. The van der Waals surface area contributed by atoms with E-state index in [-0.39, 0.29) is 5.96 Å². The number of nitrogens with zero attached hydrogens (tertiary/aromatic N) is 3. The van der Waals surface area contributed by atoms with Crippen LogP contribution in [0.5, 0.6) is 0 Å². The molecule has 26 heavy (non-hydrogen) atoms. The Morgan fingerprint density at radius 1 is 1.00 bits per heavy atom. The van der Waals surface area contributed by atoms with Gasteiger partial charge in [0.15, 0.2) is 5.84 Å². The number of amidine groups is 2. The van der Waals surface area contributed by atoms with Crippen LogP contribution in [0.25, 0.3) is 0 Å². The van der Waals surface area contributed by atoms with Crippen LogP contribution in [0.2, 0.25) is 0 Å². The highest BCUT2D eigenvalue weighted by Gasteiger charge is 2.07. The molecule has 0 fully saturated rings. The second-order valence-corrected chi connectivity index (χ2v) is 4.83. The summed E-state index contributed by atoms with van der Waals surface area (Å²) in [7, 11) is 0. The predicted molar refractivity (Wildman–Crippen MR) is 103 cm³/mol. The van der Waals surface area contributed by atoms with Crippen molar-refractivity contribution in [3.05, 3.63) is 71.8 Å². The van der Waals surface area contributed by atoms with E-state index in [9.17, 15) is 4.79 Å². The largest absolute Gasteiger partial charge is 0.478 e. The zero-order chi connectivity index (χ0) is 19.4. The first-order chi connectivity index (χ1) is 12.4. The van der Waals surface area contributed by atoms with Gasteiger partial charge in [-0.3, -0.25) is 4.99 Å². The van der Waals surface area contributed by atoms with Crippen molar-refractivity contribution in [1.29, 1.82) is 0 Å². The summed E-state index contributed by atoms with van der Waals surface area (Å²) in [6.45, 7) is 0.532. The molecule has 0 bridgehead atoms. The highest BCUT2D eigenvalue weighted by Crippen LogP contribution is 2.05. The lowest BCUT2D eigenvalue weighted by Crippen LogP contribution is -2.23. The molecular weight excluding hydrogens is 334 g/mol. The van der Waals surface area contributed by atoms with Crippen molar-refractivity contribution in [2.24, 2.45) is 38.1 Å². The second-order valence-electron chi connectivity index (χ2n) is 4.83. The van der Waals surface area contributed by atoms with Gasteiger partial charge >= 0.3 is 5.97 Å². The van der Waals surface area contributed by atoms with Crippen molar-refractivity contribution in [2.45, 2.75) is 0 Å². The van der Waals surface area contributed by atoms with Crippen molar-refractivity contribution in [3.63, 3.8) is 0 Å². The fourth-order valence-electron chi connectivity index (χ4n) is 1.69. The number of hydrogen-bond donors (Lipinski definition) is 5. The van der Waals surface area contributed by atoms with E-state index in [4.69, 9.17) is 22.3 Å². The average Bonchev–Trinajstić information content (AvgIpc) is 3.10. The molecule has 3 rings (SSSR count). The molecule has 9 N–H and O–H groups in total. The van der Waals surface area contributed by atoms with E-state index in [1.54, 1.807) is 30.3 Å². The van der Waals surface area contributed by atoms with Gasteiger partial charge in [-0.2, -0.15) is 0 Å². The lowest BCUT2D eigenvalue weighted by Gasteiger charge is -1.94. The molecule has 0 radical (unpaired) electrons. The van der Waals surface area contributed by atoms with Crippen LogP contribution in [-0.2, 0) is 0 Å². The van der Waals surface area contributed by atoms with Crippen molar-refractivity contribution in [1.82, 2.24) is 0 Å². The number of benzene rings is 2. The number of hydrogen-bond acceptors (Lipinski definition) is 6. The quantitative estimate of drug-likeness (QED) is 0.224. The van der Waals surface area contributed by atoms with Gasteiger partial charge in [0, 0.05) is 5.56 Å². The molecule has 1 heterocycles. The Hall–Kier alpha value is -3.88. The van der Waals surface area contributed by atoms with Gasteiger partial charge in [0.1, 0.15) is 5.84 Å². The molecule has 2 aromatic carbocycles. The van der Waals surface area contributed by atoms with Crippen LogP contribution < -0.4 is 23.0 Å². The highest BCUT2D eigenvalue weighted by molar-refractivity contribution is 6.10. The van der Waals surface area contributed by atoms with Gasteiger partial charge in [-0.05, 0) is 12.1 Å². The molecule has 0 amide bonds. The summed E-state index contributed by atoms with van der Waals surface area (Å²) in [6, 6.07) is 18.1. The lowest BCUT2D eigenvalue weighted by atomic mass is 10.2. The summed E-state index contributed by atoms with van der Waals surface area (Å²) in [5.74, 6) is 4.87. The van der Waals surface area contributed by atoms with Crippen LogP contribution >= 0.6 is 0 Å². The topological polar surface area (TPSA) is 178 Å². The normalized spacial score (nSPS) is 11.5. The van der Waals surface area contributed by atoms with Crippen molar-refractivity contribution in [2.75, 3.05) is 6.54 Å². The van der Waals surface area contributed by atoms with Crippen molar-refractivity contribution < 1.29 is 9.90 Å². The van der Waals surface area contributed by atoms with Gasteiger partial charge in [-0.15, -0.1) is 5.10 Å². The summed E-state index contributed by atoms with van der Waals surface area (Å²) in [6.07, 6.45) is 0. The minimum absolute atomic E-state index is 0.0926. The number of nitrogens with two attached hydrogens (primary N) is 4. The third-order valence-electron chi connectivity index (χ3n) is 2.84. The first-order valence-corrected chi connectivity index (χ1v) is 7.44. The van der Waals surface area contributed by atoms with E-state index in [2.05, 4.69) is 20.9 Å². The van der Waals surface area contributed by atoms with Crippen LogP contribution in [-0.4, -0.2) is 35.3 Å². The number of carbonyl (C=O) groups is 1. The first kappa shape index (κ1) is 20.2. The number of hydrazone groups is 1. The van der Waals surface area contributed by atoms with E-state index < -0.39 is 5.97 Å². The number of rotatable bonds is 2. The molecule has 0 saturated carbocycles. The standard InChI is InChI=1S/C9H9N3.C7H6O2.CH6N4/c10-8-6-11-9(12-8)7-4-2-1-3-5-7;8-7(9)6-4-2-1-3-5-6;2-1(3)5-4/h1-5H,6H2,(H2,10,11,12);1-5H,(H,8,9);4H2,(H4,2,3,5). The van der Waals surface area contributed by atoms with Gasteiger partial charge in [0.2, 0.25) is 5.96 Å². The molecule has 0 spiro atoms. The molecule has 1 aliphatic rings. The number of aromatic carboxylic acids is 1. The maximum absolute atomic E-state index is 10.2. The third kappa shape index (κ3) is 7.59. The van der Waals surface area contributed by atoms with Crippen LogP contribution in [0.4, 0.5) is 0 Å². The van der Waals surface area contributed by atoms with E-state index in [0.717, 1.165) is 11.4 Å². The maximum Gasteiger partial charge on any atom is 0.335 e. The average molecular weight is 355 g/mol. The van der Waals surface area contributed by atoms with Crippen LogP contribution in [0.1, 0.15) is 15.9 Å². The molecule has 2 aromatic rings. The lowest BCUT2D eigenvalue weighted by molar-refractivity contribution is 0.0697. The van der Waals surface area contributed by atoms with E-state index >= 15 is 0 Å². The molecule has 136 valence electrons. The first-order valence-electron chi connectivity index (χ1n) is 7.44. The Balaban J connectivity index is 0.000000214. The number of guanidine groups is 1. The molecule has 0 unspecified atom stereocenters. The van der Waals surface area contributed by atoms with Crippen LogP contribution in [0.3, 0.4) is 0 Å². The molecule has 0 aromatic heterocycles. The van der Waals surface area contributed by atoms with Crippen LogP contribution in [0.15, 0.2) is 75.7 Å². The van der Waals surface area contributed by atoms with Gasteiger partial charge in [-0.1, -0.05) is 48.5 Å². The predicted octanol–water partition coefficient (Wildman–Crippen LogP) is 0.322. The summed E-state index contributed by atoms with van der Waals surface area (Å²) < 4.78 is 0. The van der Waals surface area contributed by atoms with E-state index in [1.165, 1.54) is 0 Å². The van der Waals surface area contributed by atoms with E-state index in [1.807, 2.05) is 30.3 Å². The van der Waals surface area contributed by atoms with Crippen molar-refractivity contribution >= 4 is 23.6 Å². The summed E-state index contributed by atoms with van der Waals surface area (Å²) in [5, 5.41) is 11.2. The van der Waals surface area contributed by atoms with Gasteiger partial charge < -0.3 is 28.2 Å². The SMILES string of the molecule is NC1=NC(c2ccccc2)=NC1.NN=C(N)N.O=C(O)c1ccccc1. The third-order valence-corrected chi connectivity index (χ3v) is 2.84. The minimum Gasteiger partial charge on any atom is -0.478 e. The van der Waals surface area contributed by atoms with Crippen LogP contribution in [0, 0.1) is 0 Å². The smallest absolute Gasteiger partial charge is 0.335 e. The summed E-state index contributed by atoms with van der Waals surface area (Å²) in [4.78, 5) is 18.5. The number of carboxylic acids is 1.